The smallest absolute Gasteiger partial charge is 0.191 e. The molecule has 0 aromatic heterocycles. The summed E-state index contributed by atoms with van der Waals surface area (Å²) in [5.41, 5.74) is 2.30. The highest BCUT2D eigenvalue weighted by atomic mass is 16.5. The standard InChI is InChI=1S/C20H34N4O2/c1-5-24(18-8-9-18)11-10-22-20(21-3)23-15-17-7-6-16(2)14-19(17)26-13-12-25-4/h6-7,14,18H,5,8-13,15H2,1-4H3,(H2,21,22,23). The van der Waals surface area contributed by atoms with E-state index < -0.39 is 0 Å². The van der Waals surface area contributed by atoms with Gasteiger partial charge in [-0.15, -0.1) is 0 Å². The van der Waals surface area contributed by atoms with Crippen molar-refractivity contribution in [3.05, 3.63) is 29.3 Å². The summed E-state index contributed by atoms with van der Waals surface area (Å²) < 4.78 is 10.9. The Labute approximate surface area is 158 Å². The van der Waals surface area contributed by atoms with Crippen LogP contribution in [0.2, 0.25) is 0 Å². The van der Waals surface area contributed by atoms with Gasteiger partial charge in [-0.05, 0) is 37.9 Å². The second kappa shape index (κ2) is 11.0. The summed E-state index contributed by atoms with van der Waals surface area (Å²) in [6.07, 6.45) is 2.69. The van der Waals surface area contributed by atoms with Gasteiger partial charge >= 0.3 is 0 Å². The van der Waals surface area contributed by atoms with Gasteiger partial charge < -0.3 is 20.1 Å². The van der Waals surface area contributed by atoms with Gasteiger partial charge in [0.25, 0.3) is 0 Å². The third-order valence-electron chi connectivity index (χ3n) is 4.60. The molecule has 2 rings (SSSR count). The first-order valence-electron chi connectivity index (χ1n) is 9.57. The molecule has 1 aromatic rings. The summed E-state index contributed by atoms with van der Waals surface area (Å²) in [6.45, 7) is 9.17. The zero-order chi connectivity index (χ0) is 18.8. The van der Waals surface area contributed by atoms with Crippen LogP contribution >= 0.6 is 0 Å². The number of likely N-dealkylation sites (N-methyl/N-ethyl adjacent to an activating group) is 1. The van der Waals surface area contributed by atoms with Crippen molar-refractivity contribution in [2.75, 3.05) is 47.0 Å². The Balaban J connectivity index is 1.81. The molecule has 0 saturated heterocycles. The molecule has 0 unspecified atom stereocenters. The monoisotopic (exact) mass is 362 g/mol. The number of benzene rings is 1. The van der Waals surface area contributed by atoms with E-state index in [-0.39, 0.29) is 0 Å². The van der Waals surface area contributed by atoms with E-state index in [2.05, 4.69) is 52.6 Å². The predicted octanol–water partition coefficient (Wildman–Crippen LogP) is 2.17. The van der Waals surface area contributed by atoms with Crippen molar-refractivity contribution in [3.63, 3.8) is 0 Å². The maximum atomic E-state index is 5.85. The maximum absolute atomic E-state index is 5.85. The number of ether oxygens (including phenoxy) is 2. The van der Waals surface area contributed by atoms with Crippen molar-refractivity contribution < 1.29 is 9.47 Å². The summed E-state index contributed by atoms with van der Waals surface area (Å²) >= 11 is 0. The molecule has 1 aliphatic rings. The Morgan fingerprint density at radius 1 is 1.27 bits per heavy atom. The highest BCUT2D eigenvalue weighted by Crippen LogP contribution is 2.25. The Hall–Kier alpha value is -1.79. The largest absolute Gasteiger partial charge is 0.491 e. The number of methoxy groups -OCH3 is 1. The van der Waals surface area contributed by atoms with Crippen molar-refractivity contribution in [2.24, 2.45) is 4.99 Å². The predicted molar refractivity (Wildman–Crippen MR) is 107 cm³/mol. The quantitative estimate of drug-likeness (QED) is 0.359. The Kier molecular flexibility index (Phi) is 8.71. The second-order valence-electron chi connectivity index (χ2n) is 6.66. The number of nitrogens with zero attached hydrogens (tertiary/aromatic N) is 2. The number of hydrogen-bond donors (Lipinski definition) is 2. The Morgan fingerprint density at radius 3 is 2.73 bits per heavy atom. The fourth-order valence-electron chi connectivity index (χ4n) is 2.93. The van der Waals surface area contributed by atoms with E-state index in [9.17, 15) is 0 Å². The van der Waals surface area contributed by atoms with Crippen LogP contribution in [0, 0.1) is 6.92 Å². The third-order valence-corrected chi connectivity index (χ3v) is 4.60. The molecule has 1 saturated carbocycles. The SMILES string of the molecule is CCN(CCNC(=NC)NCc1ccc(C)cc1OCCOC)C1CC1. The molecule has 1 aromatic carbocycles. The topological polar surface area (TPSA) is 58.1 Å². The minimum Gasteiger partial charge on any atom is -0.491 e. The highest BCUT2D eigenvalue weighted by Gasteiger charge is 2.27. The molecule has 6 heteroatoms. The molecule has 0 bridgehead atoms. The van der Waals surface area contributed by atoms with Gasteiger partial charge in [-0.2, -0.15) is 0 Å². The lowest BCUT2D eigenvalue weighted by Crippen LogP contribution is -2.41. The van der Waals surface area contributed by atoms with Gasteiger partial charge in [0.2, 0.25) is 0 Å². The van der Waals surface area contributed by atoms with Crippen LogP contribution in [0.15, 0.2) is 23.2 Å². The fraction of sp³-hybridized carbons (Fsp3) is 0.650. The molecular formula is C20H34N4O2. The number of aliphatic imine (C=N–C) groups is 1. The molecule has 0 atom stereocenters. The van der Waals surface area contributed by atoms with E-state index in [0.29, 0.717) is 19.8 Å². The van der Waals surface area contributed by atoms with Crippen LogP contribution in [0.5, 0.6) is 5.75 Å². The van der Waals surface area contributed by atoms with E-state index in [0.717, 1.165) is 42.9 Å². The highest BCUT2D eigenvalue weighted by molar-refractivity contribution is 5.79. The lowest BCUT2D eigenvalue weighted by molar-refractivity contribution is 0.145. The summed E-state index contributed by atoms with van der Waals surface area (Å²) in [5.74, 6) is 1.72. The van der Waals surface area contributed by atoms with Gasteiger partial charge in [-0.3, -0.25) is 9.89 Å². The van der Waals surface area contributed by atoms with Crippen LogP contribution in [0.3, 0.4) is 0 Å². The number of nitrogens with one attached hydrogen (secondary N) is 2. The average Bonchev–Trinajstić information content (AvgIpc) is 3.48. The van der Waals surface area contributed by atoms with Gasteiger partial charge in [0.1, 0.15) is 12.4 Å². The van der Waals surface area contributed by atoms with Crippen LogP contribution in [0.25, 0.3) is 0 Å². The van der Waals surface area contributed by atoms with Crippen molar-refractivity contribution in [1.29, 1.82) is 0 Å². The molecule has 26 heavy (non-hydrogen) atoms. The van der Waals surface area contributed by atoms with Gasteiger partial charge in [0.15, 0.2) is 5.96 Å². The minimum atomic E-state index is 0.550. The van der Waals surface area contributed by atoms with Crippen LogP contribution in [0.1, 0.15) is 30.9 Å². The molecule has 0 radical (unpaired) electrons. The molecule has 0 aliphatic heterocycles. The number of aryl methyl sites for hydroxylation is 1. The van der Waals surface area contributed by atoms with Gasteiger partial charge in [0.05, 0.1) is 6.61 Å². The summed E-state index contributed by atoms with van der Waals surface area (Å²) in [6, 6.07) is 7.07. The fourth-order valence-corrected chi connectivity index (χ4v) is 2.93. The molecule has 0 spiro atoms. The molecule has 1 aliphatic carbocycles. The number of hydrogen-bond acceptors (Lipinski definition) is 4. The zero-order valence-electron chi connectivity index (χ0n) is 16.7. The molecule has 146 valence electrons. The van der Waals surface area contributed by atoms with E-state index in [1.807, 2.05) is 0 Å². The normalized spacial score (nSPS) is 14.6. The zero-order valence-corrected chi connectivity index (χ0v) is 16.7. The average molecular weight is 363 g/mol. The van der Waals surface area contributed by atoms with Crippen molar-refractivity contribution in [1.82, 2.24) is 15.5 Å². The first kappa shape index (κ1) is 20.5. The lowest BCUT2D eigenvalue weighted by Gasteiger charge is -2.21. The summed E-state index contributed by atoms with van der Waals surface area (Å²) in [7, 11) is 3.49. The first-order chi connectivity index (χ1) is 12.7. The van der Waals surface area contributed by atoms with Gasteiger partial charge in [-0.25, -0.2) is 0 Å². The van der Waals surface area contributed by atoms with Gasteiger partial charge in [0, 0.05) is 45.4 Å². The second-order valence-corrected chi connectivity index (χ2v) is 6.66. The molecule has 0 amide bonds. The van der Waals surface area contributed by atoms with Crippen LogP contribution < -0.4 is 15.4 Å². The third kappa shape index (κ3) is 6.84. The van der Waals surface area contributed by atoms with Crippen LogP contribution in [-0.4, -0.2) is 63.9 Å². The van der Waals surface area contributed by atoms with Crippen LogP contribution in [-0.2, 0) is 11.3 Å². The molecular weight excluding hydrogens is 328 g/mol. The van der Waals surface area contributed by atoms with E-state index in [1.54, 1.807) is 14.2 Å². The molecule has 1 fully saturated rings. The number of guanidine groups is 1. The number of rotatable bonds is 11. The van der Waals surface area contributed by atoms with Crippen molar-refractivity contribution >= 4 is 5.96 Å². The summed E-state index contributed by atoms with van der Waals surface area (Å²) in [5, 5.41) is 6.79. The van der Waals surface area contributed by atoms with Crippen molar-refractivity contribution in [2.45, 2.75) is 39.3 Å². The Bertz CT molecular complexity index is 573. The van der Waals surface area contributed by atoms with E-state index in [4.69, 9.17) is 9.47 Å². The molecule has 0 heterocycles. The Morgan fingerprint density at radius 2 is 2.08 bits per heavy atom. The maximum Gasteiger partial charge on any atom is 0.191 e. The minimum absolute atomic E-state index is 0.550. The summed E-state index contributed by atoms with van der Waals surface area (Å²) in [4.78, 5) is 6.85. The van der Waals surface area contributed by atoms with Gasteiger partial charge in [-0.1, -0.05) is 19.1 Å². The van der Waals surface area contributed by atoms with E-state index in [1.165, 1.54) is 18.4 Å². The lowest BCUT2D eigenvalue weighted by atomic mass is 10.1. The van der Waals surface area contributed by atoms with Crippen molar-refractivity contribution in [3.8, 4) is 5.75 Å². The first-order valence-corrected chi connectivity index (χ1v) is 9.57. The van der Waals surface area contributed by atoms with E-state index >= 15 is 0 Å². The molecule has 2 N–H and O–H groups in total. The van der Waals surface area contributed by atoms with Crippen LogP contribution in [0.4, 0.5) is 0 Å². The molecule has 6 nitrogen and oxygen atoms in total.